The lowest BCUT2D eigenvalue weighted by molar-refractivity contribution is -0.869. The number of halogens is 3. The molecule has 0 aromatic heterocycles. The third-order valence-electron chi connectivity index (χ3n) is 5.11. The molecule has 0 saturated carbocycles. The number of rotatable bonds is 5. The smallest absolute Gasteiger partial charge is 0.319 e. The van der Waals surface area contributed by atoms with Gasteiger partial charge in [0, 0.05) is 34.7 Å². The first-order chi connectivity index (χ1) is 13.6. The monoisotopic (exact) mass is 470 g/mol. The van der Waals surface area contributed by atoms with Crippen molar-refractivity contribution in [2.75, 3.05) is 53.1 Å². The van der Waals surface area contributed by atoms with Crippen molar-refractivity contribution in [3.05, 3.63) is 63.1 Å². The van der Waals surface area contributed by atoms with E-state index >= 15 is 0 Å². The Labute approximate surface area is 195 Å². The van der Waals surface area contributed by atoms with Crippen LogP contribution in [-0.2, 0) is 6.54 Å². The molecule has 1 heterocycles. The molecule has 1 atom stereocenters. The van der Waals surface area contributed by atoms with Gasteiger partial charge in [-0.3, -0.25) is 0 Å². The van der Waals surface area contributed by atoms with E-state index < -0.39 is 0 Å². The Morgan fingerprint density at radius 1 is 1.20 bits per heavy atom. The van der Waals surface area contributed by atoms with Gasteiger partial charge in [-0.05, 0) is 48.0 Å². The van der Waals surface area contributed by atoms with Gasteiger partial charge in [0.25, 0.3) is 0 Å². The quantitative estimate of drug-likeness (QED) is 0.648. The average molecular weight is 472 g/mol. The highest BCUT2D eigenvalue weighted by Gasteiger charge is 2.27. The number of carbonyl (C=O) groups is 1. The zero-order chi connectivity index (χ0) is 21.2. The second kappa shape index (κ2) is 10.2. The second-order valence-corrected chi connectivity index (χ2v) is 9.57. The van der Waals surface area contributed by atoms with E-state index in [1.54, 1.807) is 6.07 Å². The van der Waals surface area contributed by atoms with Crippen molar-refractivity contribution < 1.29 is 21.7 Å². The molecule has 5 nitrogen and oxygen atoms in total. The number of quaternary nitrogens is 1. The fraction of sp³-hybridized carbons (Fsp3) is 0.409. The highest BCUT2D eigenvalue weighted by Crippen LogP contribution is 2.38. The number of hydrogen-bond donors (Lipinski definition) is 2. The minimum Gasteiger partial charge on any atom is -1.00 e. The van der Waals surface area contributed by atoms with Crippen LogP contribution < -0.4 is 23.0 Å². The Balaban J connectivity index is 0.00000320. The van der Waals surface area contributed by atoms with Crippen LogP contribution in [0.2, 0.25) is 10.0 Å². The molecule has 2 amide bonds. The van der Waals surface area contributed by atoms with Crippen molar-refractivity contribution >= 4 is 34.9 Å². The highest BCUT2D eigenvalue weighted by atomic mass is 35.5. The number of nitrogens with zero attached hydrogens (tertiary/aromatic N) is 2. The number of hydrogen-bond acceptors (Lipinski definition) is 2. The van der Waals surface area contributed by atoms with Crippen LogP contribution >= 0.6 is 23.2 Å². The molecule has 1 aliphatic heterocycles. The van der Waals surface area contributed by atoms with Crippen LogP contribution in [0.15, 0.2) is 36.4 Å². The van der Waals surface area contributed by atoms with Gasteiger partial charge in [-0.2, -0.15) is 0 Å². The highest BCUT2D eigenvalue weighted by molar-refractivity contribution is 6.35. The molecule has 30 heavy (non-hydrogen) atoms. The molecule has 0 radical (unpaired) electrons. The Morgan fingerprint density at radius 2 is 1.93 bits per heavy atom. The fourth-order valence-corrected chi connectivity index (χ4v) is 4.21. The summed E-state index contributed by atoms with van der Waals surface area (Å²) in [5, 5.41) is 7.21. The van der Waals surface area contributed by atoms with Crippen LogP contribution in [0.5, 0.6) is 0 Å². The van der Waals surface area contributed by atoms with Gasteiger partial charge in [0.2, 0.25) is 0 Å². The van der Waals surface area contributed by atoms with E-state index in [1.807, 2.05) is 24.3 Å². The van der Waals surface area contributed by atoms with Gasteiger partial charge in [-0.1, -0.05) is 35.3 Å². The summed E-state index contributed by atoms with van der Waals surface area (Å²) < 4.78 is 0.801. The average Bonchev–Trinajstić information content (AvgIpc) is 2.61. The van der Waals surface area contributed by atoms with Crippen LogP contribution in [-0.4, -0.2) is 63.2 Å². The molecule has 2 N–H and O–H groups in total. The largest absolute Gasteiger partial charge is 1.00 e. The van der Waals surface area contributed by atoms with Crippen molar-refractivity contribution in [1.82, 2.24) is 10.2 Å². The maximum absolute atomic E-state index is 12.3. The third kappa shape index (κ3) is 6.50. The molecule has 1 aliphatic rings. The van der Waals surface area contributed by atoms with Crippen LogP contribution in [0.25, 0.3) is 0 Å². The number of fused-ring (bicyclic) bond motifs is 1. The summed E-state index contributed by atoms with van der Waals surface area (Å²) in [7, 11) is 8.38. The number of carbonyl (C=O) groups excluding carboxylic acids is 1. The summed E-state index contributed by atoms with van der Waals surface area (Å²) in [6.07, 6.45) is 0. The molecule has 0 aliphatic carbocycles. The number of nitrogens with one attached hydrogen (secondary N) is 2. The van der Waals surface area contributed by atoms with E-state index in [4.69, 9.17) is 23.2 Å². The lowest BCUT2D eigenvalue weighted by Gasteiger charge is -2.33. The summed E-state index contributed by atoms with van der Waals surface area (Å²) in [5.74, 6) is 0.142. The summed E-state index contributed by atoms with van der Waals surface area (Å²) in [5.41, 5.74) is 4.17. The third-order valence-corrected chi connectivity index (χ3v) is 5.66. The van der Waals surface area contributed by atoms with Gasteiger partial charge in [0.05, 0.1) is 34.2 Å². The van der Waals surface area contributed by atoms with E-state index in [2.05, 4.69) is 49.8 Å². The number of amides is 2. The lowest BCUT2D eigenvalue weighted by Crippen LogP contribution is -3.00. The minimum atomic E-state index is -0.192. The molecule has 8 heteroatoms. The van der Waals surface area contributed by atoms with Gasteiger partial charge in [-0.25, -0.2) is 4.79 Å². The summed E-state index contributed by atoms with van der Waals surface area (Å²) in [6, 6.07) is 11.6. The zero-order valence-corrected chi connectivity index (χ0v) is 20.1. The van der Waals surface area contributed by atoms with Crippen LogP contribution in [0, 0.1) is 0 Å². The Morgan fingerprint density at radius 3 is 2.63 bits per heavy atom. The van der Waals surface area contributed by atoms with Crippen LogP contribution in [0.1, 0.15) is 22.6 Å². The molecule has 164 valence electrons. The van der Waals surface area contributed by atoms with Crippen LogP contribution in [0.4, 0.5) is 10.5 Å². The van der Waals surface area contributed by atoms with Gasteiger partial charge in [0.15, 0.2) is 0 Å². The van der Waals surface area contributed by atoms with E-state index in [9.17, 15) is 4.79 Å². The molecular weight excluding hydrogens is 443 g/mol. The standard InChI is InChI=1S/C22H28Cl2N4O.ClH/c1-27-13-19(18-11-16(23)12-21(24)20(18)14-27)15-6-5-7-17(10-15)26-22(29)25-8-9-28(2,3)4;/h5-7,10-12,19H,8-9,13-14H2,1-4H3,(H-,25,26,29);1H. The zero-order valence-electron chi connectivity index (χ0n) is 17.8. The van der Waals surface area contributed by atoms with Crippen molar-refractivity contribution in [3.63, 3.8) is 0 Å². The summed E-state index contributed by atoms with van der Waals surface area (Å²) in [6.45, 7) is 3.14. The number of urea groups is 1. The summed E-state index contributed by atoms with van der Waals surface area (Å²) in [4.78, 5) is 14.5. The van der Waals surface area contributed by atoms with Crippen molar-refractivity contribution in [3.8, 4) is 0 Å². The van der Waals surface area contributed by atoms with Gasteiger partial charge >= 0.3 is 6.03 Å². The second-order valence-electron chi connectivity index (χ2n) is 8.73. The molecule has 3 rings (SSSR count). The van der Waals surface area contributed by atoms with E-state index in [-0.39, 0.29) is 24.4 Å². The van der Waals surface area contributed by atoms with E-state index in [0.717, 1.165) is 46.5 Å². The van der Waals surface area contributed by atoms with Crippen LogP contribution in [0.3, 0.4) is 0 Å². The molecule has 2 aromatic carbocycles. The normalized spacial score (nSPS) is 16.4. The van der Waals surface area contributed by atoms with Gasteiger partial charge in [-0.15, -0.1) is 0 Å². The van der Waals surface area contributed by atoms with Gasteiger partial charge < -0.3 is 32.4 Å². The Hall–Kier alpha value is -1.50. The minimum absolute atomic E-state index is 0. The van der Waals surface area contributed by atoms with Crippen molar-refractivity contribution in [2.45, 2.75) is 12.5 Å². The Bertz CT molecular complexity index is 898. The molecule has 0 fully saturated rings. The number of anilines is 1. The molecule has 2 aromatic rings. The lowest BCUT2D eigenvalue weighted by atomic mass is 9.84. The maximum Gasteiger partial charge on any atom is 0.319 e. The predicted octanol–water partition coefficient (Wildman–Crippen LogP) is 1.40. The first-order valence-electron chi connectivity index (χ1n) is 9.74. The molecule has 1 unspecified atom stereocenters. The SMILES string of the molecule is CN1Cc2c(Cl)cc(Cl)cc2C(c2cccc(NC(=O)NCC[N+](C)(C)C)c2)C1.[Cl-]. The van der Waals surface area contributed by atoms with Crippen molar-refractivity contribution in [2.24, 2.45) is 0 Å². The first kappa shape index (κ1) is 24.8. The first-order valence-corrected chi connectivity index (χ1v) is 10.5. The topological polar surface area (TPSA) is 44.4 Å². The molecule has 0 spiro atoms. The summed E-state index contributed by atoms with van der Waals surface area (Å²) >= 11 is 12.8. The maximum atomic E-state index is 12.3. The van der Waals surface area contributed by atoms with Crippen molar-refractivity contribution in [1.29, 1.82) is 0 Å². The number of benzene rings is 2. The van der Waals surface area contributed by atoms with Gasteiger partial charge in [0.1, 0.15) is 0 Å². The predicted molar refractivity (Wildman–Crippen MR) is 121 cm³/mol. The van der Waals surface area contributed by atoms with E-state index in [0.29, 0.717) is 16.6 Å². The molecule has 0 bridgehead atoms. The fourth-order valence-electron chi connectivity index (χ4n) is 3.64. The molecular formula is C22H29Cl3N4O. The molecule has 0 saturated heterocycles. The van der Waals surface area contributed by atoms with E-state index in [1.165, 1.54) is 0 Å². The number of likely N-dealkylation sites (N-methyl/N-ethyl adjacent to an activating group) is 2. The Kier molecular flexibility index (Phi) is 8.43.